The van der Waals surface area contributed by atoms with Crippen molar-refractivity contribution in [3.05, 3.63) is 71.8 Å². The number of hydrogen-bond acceptors (Lipinski definition) is 2. The molecule has 0 unspecified atom stereocenters. The Morgan fingerprint density at radius 2 is 1.22 bits per heavy atom. The molecule has 0 spiro atoms. The molecule has 6 heteroatoms. The third-order valence-corrected chi connectivity index (χ3v) is 5.39. The van der Waals surface area contributed by atoms with Gasteiger partial charge in [-0.05, 0) is 11.1 Å². The van der Waals surface area contributed by atoms with E-state index in [1.54, 1.807) is 0 Å². The number of benzene rings is 2. The summed E-state index contributed by atoms with van der Waals surface area (Å²) in [6.07, 6.45) is 0. The van der Waals surface area contributed by atoms with Gasteiger partial charge in [0.15, 0.2) is 0 Å². The van der Waals surface area contributed by atoms with Crippen molar-refractivity contribution in [2.75, 3.05) is 26.2 Å². The fourth-order valence-corrected chi connectivity index (χ4v) is 3.81. The van der Waals surface area contributed by atoms with E-state index in [0.29, 0.717) is 26.2 Å². The van der Waals surface area contributed by atoms with E-state index in [4.69, 9.17) is 0 Å². The third kappa shape index (κ3) is 3.89. The van der Waals surface area contributed by atoms with Crippen molar-refractivity contribution in [1.82, 2.24) is 9.57 Å². The van der Waals surface area contributed by atoms with Crippen molar-refractivity contribution in [3.63, 3.8) is 0 Å². The molecule has 0 amide bonds. The second kappa shape index (κ2) is 6.95. The quantitative estimate of drug-likeness (QED) is 0.842. The summed E-state index contributed by atoms with van der Waals surface area (Å²) in [6.45, 7) is 2.00. The Kier molecular flexibility index (Phi) is 4.95. The van der Waals surface area contributed by atoms with Crippen LogP contribution in [0.5, 0.6) is 0 Å². The lowest BCUT2D eigenvalue weighted by atomic mass is 9.96. The molecule has 23 heavy (non-hydrogen) atoms. The maximum atomic E-state index is 11.4. The molecule has 1 saturated heterocycles. The maximum Gasteiger partial charge on any atom is 0.403 e. The van der Waals surface area contributed by atoms with Gasteiger partial charge >= 0.3 is 7.75 Å². The minimum absolute atomic E-state index is 0.108. The first-order valence-corrected chi connectivity index (χ1v) is 9.27. The number of rotatable bonds is 4. The standard InChI is InChI=1S/C17H21N2O3P/c20-23(21,22)19-13-11-18(12-14-19)17(15-7-3-1-4-8-15)16-9-5-2-6-10-16/h1-10,17H,11-14H2,(H2,20,21,22). The van der Waals surface area contributed by atoms with Crippen LogP contribution in [0.3, 0.4) is 0 Å². The summed E-state index contributed by atoms with van der Waals surface area (Å²) in [4.78, 5) is 20.9. The first kappa shape index (κ1) is 16.4. The summed E-state index contributed by atoms with van der Waals surface area (Å²) in [5.74, 6) is 0. The lowest BCUT2D eigenvalue weighted by molar-refractivity contribution is 0.135. The summed E-state index contributed by atoms with van der Waals surface area (Å²) in [5.41, 5.74) is 2.40. The maximum absolute atomic E-state index is 11.4. The lowest BCUT2D eigenvalue weighted by Gasteiger charge is -2.39. The molecule has 1 aliphatic heterocycles. The molecule has 1 fully saturated rings. The van der Waals surface area contributed by atoms with Crippen molar-refractivity contribution >= 4 is 7.75 Å². The highest BCUT2D eigenvalue weighted by Crippen LogP contribution is 2.41. The van der Waals surface area contributed by atoms with Crippen LogP contribution >= 0.6 is 7.75 Å². The first-order chi connectivity index (χ1) is 11.1. The Morgan fingerprint density at radius 3 is 1.61 bits per heavy atom. The van der Waals surface area contributed by atoms with Crippen LogP contribution in [0.1, 0.15) is 17.2 Å². The summed E-state index contributed by atoms with van der Waals surface area (Å²) in [7, 11) is -4.14. The molecule has 1 heterocycles. The van der Waals surface area contributed by atoms with Gasteiger partial charge in [0, 0.05) is 26.2 Å². The number of piperazine rings is 1. The van der Waals surface area contributed by atoms with E-state index in [-0.39, 0.29) is 6.04 Å². The smallest absolute Gasteiger partial charge is 0.312 e. The predicted molar refractivity (Wildman–Crippen MR) is 89.9 cm³/mol. The summed E-state index contributed by atoms with van der Waals surface area (Å²) >= 11 is 0. The molecule has 0 saturated carbocycles. The van der Waals surface area contributed by atoms with Crippen molar-refractivity contribution < 1.29 is 14.4 Å². The molecule has 3 rings (SSSR count). The molecule has 122 valence electrons. The minimum atomic E-state index is -4.14. The molecule has 2 aromatic rings. The molecular weight excluding hydrogens is 311 g/mol. The van der Waals surface area contributed by atoms with Crippen LogP contribution in [0.2, 0.25) is 0 Å². The summed E-state index contributed by atoms with van der Waals surface area (Å²) in [6, 6.07) is 20.6. The van der Waals surface area contributed by atoms with Gasteiger partial charge < -0.3 is 9.79 Å². The second-order valence-electron chi connectivity index (χ2n) is 5.73. The van der Waals surface area contributed by atoms with Crippen molar-refractivity contribution in [2.45, 2.75) is 6.04 Å². The predicted octanol–water partition coefficient (Wildman–Crippen LogP) is 2.49. The topological polar surface area (TPSA) is 64.0 Å². The lowest BCUT2D eigenvalue weighted by Crippen LogP contribution is -2.46. The SMILES string of the molecule is O=P(O)(O)N1CCN(C(c2ccccc2)c2ccccc2)CC1. The molecule has 0 radical (unpaired) electrons. The molecule has 0 atom stereocenters. The van der Waals surface area contributed by atoms with Crippen LogP contribution in [0.15, 0.2) is 60.7 Å². The van der Waals surface area contributed by atoms with Crippen LogP contribution < -0.4 is 0 Å². The summed E-state index contributed by atoms with van der Waals surface area (Å²) in [5, 5.41) is 0. The normalized spacial score (nSPS) is 17.5. The van der Waals surface area contributed by atoms with Gasteiger partial charge in [-0.1, -0.05) is 60.7 Å². The van der Waals surface area contributed by atoms with Gasteiger partial charge in [0.2, 0.25) is 0 Å². The Morgan fingerprint density at radius 1 is 0.783 bits per heavy atom. The van der Waals surface area contributed by atoms with Crippen LogP contribution in [-0.2, 0) is 4.57 Å². The van der Waals surface area contributed by atoms with Gasteiger partial charge in [-0.3, -0.25) is 4.90 Å². The van der Waals surface area contributed by atoms with Gasteiger partial charge in [0.25, 0.3) is 0 Å². The van der Waals surface area contributed by atoms with E-state index < -0.39 is 7.75 Å². The fourth-order valence-electron chi connectivity index (χ4n) is 3.11. The van der Waals surface area contributed by atoms with Crippen LogP contribution in [0.4, 0.5) is 0 Å². The Balaban J connectivity index is 1.85. The highest BCUT2D eigenvalue weighted by Gasteiger charge is 2.32. The molecule has 0 aliphatic carbocycles. The van der Waals surface area contributed by atoms with Gasteiger partial charge in [-0.15, -0.1) is 0 Å². The monoisotopic (exact) mass is 332 g/mol. The second-order valence-corrected chi connectivity index (χ2v) is 7.32. The Hall–Kier alpha value is -1.49. The largest absolute Gasteiger partial charge is 0.403 e. The Bertz CT molecular complexity index is 627. The third-order valence-electron chi connectivity index (χ3n) is 4.25. The fraction of sp³-hybridized carbons (Fsp3) is 0.294. The zero-order valence-electron chi connectivity index (χ0n) is 12.8. The first-order valence-electron chi connectivity index (χ1n) is 7.70. The molecular formula is C17H21N2O3P. The zero-order chi connectivity index (χ0) is 16.3. The highest BCUT2D eigenvalue weighted by atomic mass is 31.2. The molecule has 2 aromatic carbocycles. The molecule has 2 N–H and O–H groups in total. The van der Waals surface area contributed by atoms with E-state index >= 15 is 0 Å². The van der Waals surface area contributed by atoms with Crippen molar-refractivity contribution in [3.8, 4) is 0 Å². The molecule has 1 aliphatic rings. The number of nitrogens with zero attached hydrogens (tertiary/aromatic N) is 2. The van der Waals surface area contributed by atoms with Gasteiger partial charge in [0.05, 0.1) is 6.04 Å². The van der Waals surface area contributed by atoms with Crippen LogP contribution in [0.25, 0.3) is 0 Å². The molecule has 0 aromatic heterocycles. The van der Waals surface area contributed by atoms with Gasteiger partial charge in [-0.25, -0.2) is 9.24 Å². The average molecular weight is 332 g/mol. The molecule has 0 bridgehead atoms. The van der Waals surface area contributed by atoms with E-state index in [0.717, 1.165) is 0 Å². The van der Waals surface area contributed by atoms with Crippen molar-refractivity contribution in [2.24, 2.45) is 0 Å². The van der Waals surface area contributed by atoms with E-state index in [2.05, 4.69) is 29.2 Å². The average Bonchev–Trinajstić information content (AvgIpc) is 2.57. The number of hydrogen-bond donors (Lipinski definition) is 2. The Labute approximate surface area is 136 Å². The minimum Gasteiger partial charge on any atom is -0.312 e. The van der Waals surface area contributed by atoms with E-state index in [1.807, 2.05) is 36.4 Å². The zero-order valence-corrected chi connectivity index (χ0v) is 13.7. The summed E-state index contributed by atoms with van der Waals surface area (Å²) < 4.78 is 12.7. The van der Waals surface area contributed by atoms with Crippen LogP contribution in [0, 0.1) is 0 Å². The van der Waals surface area contributed by atoms with Gasteiger partial charge in [0.1, 0.15) is 0 Å². The van der Waals surface area contributed by atoms with Crippen LogP contribution in [-0.4, -0.2) is 45.5 Å². The molecule has 5 nitrogen and oxygen atoms in total. The van der Waals surface area contributed by atoms with E-state index in [9.17, 15) is 14.4 Å². The van der Waals surface area contributed by atoms with Crippen molar-refractivity contribution in [1.29, 1.82) is 0 Å². The van der Waals surface area contributed by atoms with E-state index in [1.165, 1.54) is 15.8 Å². The highest BCUT2D eigenvalue weighted by molar-refractivity contribution is 7.49. The van der Waals surface area contributed by atoms with Gasteiger partial charge in [-0.2, -0.15) is 0 Å².